The van der Waals surface area contributed by atoms with Gasteiger partial charge in [0.05, 0.1) is 72.3 Å². The van der Waals surface area contributed by atoms with Gasteiger partial charge in [0.1, 0.15) is 72.7 Å². The summed E-state index contributed by atoms with van der Waals surface area (Å²) >= 11 is 0. The van der Waals surface area contributed by atoms with Gasteiger partial charge in [-0.05, 0) is 26.0 Å². The first-order valence-corrected chi connectivity index (χ1v) is 22.4. The lowest BCUT2D eigenvalue weighted by Crippen LogP contribution is -2.64. The van der Waals surface area contributed by atoms with Gasteiger partial charge in [0.2, 0.25) is 5.78 Å². The number of methoxy groups -OCH3 is 2. The second kappa shape index (κ2) is 20.1. The molecule has 3 aliphatic heterocycles. The number of ketones is 3. The second-order valence-electron chi connectivity index (χ2n) is 17.8. The number of phenols is 2. The molecule has 3 heterocycles. The number of phenolic OH excluding ortho intramolecular Hbond substituents is 2. The summed E-state index contributed by atoms with van der Waals surface area (Å²) in [6, 6.07) is 3.85. The molecular formula is C46H51N3O23. The summed E-state index contributed by atoms with van der Waals surface area (Å²) in [5, 5.41) is 99.9. The van der Waals surface area contributed by atoms with Crippen LogP contribution in [0.1, 0.15) is 87.4 Å². The van der Waals surface area contributed by atoms with Crippen LogP contribution in [-0.2, 0) is 39.7 Å². The van der Waals surface area contributed by atoms with E-state index in [2.05, 4.69) is 5.32 Å². The molecule has 26 nitrogen and oxygen atoms in total. The molecule has 0 bridgehead atoms. The van der Waals surface area contributed by atoms with E-state index in [9.17, 15) is 74.9 Å². The zero-order valence-corrected chi connectivity index (χ0v) is 38.8. The maximum atomic E-state index is 14.1. The number of carbonyl (C=O) groups is 5. The standard InChI is InChI=1S/C46H51N3O23/c1-17(20-8-25(66-4)26(9-22(20)49(63)64)67-15-30(53)47-36-42(59)39(56)28(13-50)72-44(36)60)70-45(61)48-16-68-43-18(2)69-31(10-23(43)48)71-27-12-46(62,29(52)14-51)11-21-33(27)41(58)35-34(38(21)55)37(54)19-6-5-7-24(65-3)32(19)40(35)57/h5-9,17-18,23,27-28,31,36,39,42-44,50-51,55-56,58-60,62H,10-16H2,1-4H3,(H,47,53). The molecule has 2 amide bonds. The molecule has 9 N–H and O–H groups in total. The molecule has 0 radical (unpaired) electrons. The number of nitrogens with zero attached hydrogens (tertiary/aromatic N) is 2. The molecule has 0 saturated carbocycles. The number of amides is 2. The number of aliphatic hydroxyl groups is 6. The molecule has 2 aliphatic carbocycles. The van der Waals surface area contributed by atoms with Crippen molar-refractivity contribution in [1.82, 2.24) is 10.2 Å². The number of carbonyl (C=O) groups excluding carboxylic acids is 5. The minimum Gasteiger partial charge on any atom is -0.507 e. The Morgan fingerprint density at radius 1 is 0.972 bits per heavy atom. The molecule has 0 aromatic heterocycles. The fourth-order valence-electron chi connectivity index (χ4n) is 9.91. The molecule has 3 saturated heterocycles. The number of benzene rings is 3. The lowest BCUT2D eigenvalue weighted by molar-refractivity contribution is -0.386. The van der Waals surface area contributed by atoms with E-state index < -0.39 is 168 Å². The van der Waals surface area contributed by atoms with Crippen LogP contribution in [0, 0.1) is 10.1 Å². The van der Waals surface area contributed by atoms with Crippen molar-refractivity contribution in [3.05, 3.63) is 79.4 Å². The zero-order valence-electron chi connectivity index (χ0n) is 38.8. The van der Waals surface area contributed by atoms with Gasteiger partial charge >= 0.3 is 6.09 Å². The maximum Gasteiger partial charge on any atom is 0.412 e. The first kappa shape index (κ1) is 51.8. The van der Waals surface area contributed by atoms with Crippen LogP contribution in [0.3, 0.4) is 0 Å². The van der Waals surface area contributed by atoms with Gasteiger partial charge in [-0.15, -0.1) is 0 Å². The van der Waals surface area contributed by atoms with Gasteiger partial charge < -0.3 is 84.1 Å². The predicted octanol–water partition coefficient (Wildman–Crippen LogP) is -0.550. The molecule has 3 aromatic rings. The van der Waals surface area contributed by atoms with Crippen LogP contribution in [0.4, 0.5) is 10.5 Å². The van der Waals surface area contributed by atoms with Crippen molar-refractivity contribution in [2.45, 2.75) is 106 Å². The topological polar surface area (TPSA) is 379 Å². The summed E-state index contributed by atoms with van der Waals surface area (Å²) in [5.74, 6) is -5.83. The van der Waals surface area contributed by atoms with E-state index in [4.69, 9.17) is 37.9 Å². The van der Waals surface area contributed by atoms with E-state index in [1.165, 1.54) is 44.2 Å². The Balaban J connectivity index is 1.00. The van der Waals surface area contributed by atoms with Gasteiger partial charge in [-0.3, -0.25) is 34.2 Å². The lowest BCUT2D eigenvalue weighted by atomic mass is 9.72. The van der Waals surface area contributed by atoms with E-state index >= 15 is 0 Å². The number of nitro groups is 1. The Hall–Kier alpha value is -6.59. The smallest absolute Gasteiger partial charge is 0.412 e. The molecule has 3 fully saturated rings. The van der Waals surface area contributed by atoms with Crippen LogP contribution >= 0.6 is 0 Å². The molecule has 26 heteroatoms. The molecule has 12 unspecified atom stereocenters. The van der Waals surface area contributed by atoms with Gasteiger partial charge in [-0.2, -0.15) is 0 Å². The second-order valence-corrected chi connectivity index (χ2v) is 17.8. The van der Waals surface area contributed by atoms with Crippen LogP contribution in [0.5, 0.6) is 28.7 Å². The number of aromatic hydroxyl groups is 2. The average molecular weight is 1010 g/mol. The normalized spacial score (nSPS) is 28.9. The molecule has 388 valence electrons. The number of hydrogen-bond acceptors (Lipinski definition) is 23. The number of nitro benzene ring substituents is 1. The van der Waals surface area contributed by atoms with Crippen LogP contribution in [0.2, 0.25) is 0 Å². The lowest BCUT2D eigenvalue weighted by Gasteiger charge is -2.42. The van der Waals surface area contributed by atoms with Crippen molar-refractivity contribution < 1.29 is 108 Å². The molecule has 12 atom stereocenters. The average Bonchev–Trinajstić information content (AvgIpc) is 3.79. The maximum absolute atomic E-state index is 14.1. The van der Waals surface area contributed by atoms with Crippen molar-refractivity contribution in [2.24, 2.45) is 0 Å². The number of nitrogens with one attached hydrogen (secondary N) is 1. The number of ether oxygens (including phenoxy) is 8. The third kappa shape index (κ3) is 9.03. The highest BCUT2D eigenvalue weighted by Crippen LogP contribution is 2.53. The summed E-state index contributed by atoms with van der Waals surface area (Å²) < 4.78 is 45.4. The number of rotatable bonds is 14. The quantitative estimate of drug-likeness (QED) is 0.0435. The fourth-order valence-corrected chi connectivity index (χ4v) is 9.91. The highest BCUT2D eigenvalue weighted by Gasteiger charge is 2.53. The number of Topliss-reactive ketones (excluding diaryl/α,β-unsaturated/α-hetero) is 1. The molecule has 3 aromatic carbocycles. The molecule has 72 heavy (non-hydrogen) atoms. The van der Waals surface area contributed by atoms with Gasteiger partial charge in [-0.1, -0.05) is 12.1 Å². The van der Waals surface area contributed by atoms with E-state index in [0.29, 0.717) is 0 Å². The Kier molecular flexibility index (Phi) is 14.5. The van der Waals surface area contributed by atoms with E-state index in [0.717, 1.165) is 12.1 Å². The first-order chi connectivity index (χ1) is 34.2. The Morgan fingerprint density at radius 3 is 2.35 bits per heavy atom. The number of hydrogen-bond donors (Lipinski definition) is 9. The summed E-state index contributed by atoms with van der Waals surface area (Å²) in [5.41, 5.74) is -5.28. The third-order valence-corrected chi connectivity index (χ3v) is 13.5. The largest absolute Gasteiger partial charge is 0.507 e. The van der Waals surface area contributed by atoms with Crippen LogP contribution in [0.15, 0.2) is 30.3 Å². The first-order valence-electron chi connectivity index (χ1n) is 22.4. The molecule has 0 spiro atoms. The van der Waals surface area contributed by atoms with Crippen LogP contribution < -0.4 is 19.5 Å². The molecule has 8 rings (SSSR count). The monoisotopic (exact) mass is 1010 g/mol. The number of aliphatic hydroxyl groups excluding tert-OH is 5. The summed E-state index contributed by atoms with van der Waals surface area (Å²) in [6.45, 7) is -0.148. The van der Waals surface area contributed by atoms with Gasteiger partial charge in [0.15, 0.2) is 42.3 Å². The molecule has 5 aliphatic rings. The van der Waals surface area contributed by atoms with Crippen molar-refractivity contribution in [1.29, 1.82) is 0 Å². The van der Waals surface area contributed by atoms with Gasteiger partial charge in [0.25, 0.3) is 11.6 Å². The third-order valence-electron chi connectivity index (χ3n) is 13.5. The van der Waals surface area contributed by atoms with Crippen LogP contribution in [-0.4, -0.2) is 182 Å². The molecular weight excluding hydrogens is 963 g/mol. The fraction of sp³-hybridized carbons (Fsp3) is 0.500. The Labute approximate surface area is 407 Å². The minimum atomic E-state index is -2.43. The highest BCUT2D eigenvalue weighted by atomic mass is 16.7. The SMILES string of the molecule is COc1cc(C(C)OC(=O)N2COC3C(C)OC(OC4CC(O)(C(=O)CO)Cc5c(O)c6c(c(O)c54)C(=O)c4c(OC)cccc4C6=O)CC32)c([N+](=O)[O-])cc1OCC(=O)NC1C(O)OC(CO)C(O)C1O. The summed E-state index contributed by atoms with van der Waals surface area (Å²) in [4.78, 5) is 80.6. The van der Waals surface area contributed by atoms with Crippen LogP contribution in [0.25, 0.3) is 0 Å². The van der Waals surface area contributed by atoms with E-state index in [1.54, 1.807) is 6.92 Å². The zero-order chi connectivity index (χ0) is 52.2. The Morgan fingerprint density at radius 2 is 1.68 bits per heavy atom. The van der Waals surface area contributed by atoms with Crippen molar-refractivity contribution in [3.8, 4) is 28.7 Å². The van der Waals surface area contributed by atoms with Gasteiger partial charge in [-0.25, -0.2) is 4.79 Å². The number of fused-ring (bicyclic) bond motifs is 4. The van der Waals surface area contributed by atoms with Crippen molar-refractivity contribution in [2.75, 3.05) is 40.8 Å². The van der Waals surface area contributed by atoms with Crippen molar-refractivity contribution in [3.63, 3.8) is 0 Å². The van der Waals surface area contributed by atoms with Crippen molar-refractivity contribution >= 4 is 35.0 Å². The van der Waals surface area contributed by atoms with Gasteiger partial charge in [0, 0.05) is 36.0 Å². The predicted molar refractivity (Wildman–Crippen MR) is 235 cm³/mol. The minimum absolute atomic E-state index is 0.0130. The Bertz CT molecular complexity index is 2700. The highest BCUT2D eigenvalue weighted by molar-refractivity contribution is 6.31. The van der Waals surface area contributed by atoms with E-state index in [1.807, 2.05) is 0 Å². The summed E-state index contributed by atoms with van der Waals surface area (Å²) in [7, 11) is 2.47. The van der Waals surface area contributed by atoms with E-state index in [-0.39, 0.29) is 58.2 Å². The summed E-state index contributed by atoms with van der Waals surface area (Å²) in [6.07, 6.45) is -15.0.